The van der Waals surface area contributed by atoms with E-state index in [1.54, 1.807) is 20.8 Å². The zero-order valence-corrected chi connectivity index (χ0v) is 10.1. The van der Waals surface area contributed by atoms with Gasteiger partial charge in [-0.2, -0.15) is 5.10 Å². The van der Waals surface area contributed by atoms with E-state index in [4.69, 9.17) is 9.84 Å². The number of anilines is 1. The van der Waals surface area contributed by atoms with E-state index in [0.717, 1.165) is 4.68 Å². The van der Waals surface area contributed by atoms with Gasteiger partial charge in [-0.1, -0.05) is 0 Å². The average molecular weight is 241 g/mol. The molecule has 0 aliphatic carbocycles. The number of carbonyl (C=O) groups is 2. The molecule has 0 aliphatic rings. The lowest BCUT2D eigenvalue weighted by atomic mass is 10.2. The monoisotopic (exact) mass is 241 g/mol. The summed E-state index contributed by atoms with van der Waals surface area (Å²) >= 11 is 0. The van der Waals surface area contributed by atoms with Crippen molar-refractivity contribution in [2.45, 2.75) is 26.4 Å². The molecule has 0 spiro atoms. The Morgan fingerprint density at radius 2 is 2.06 bits per heavy atom. The SMILES string of the molecule is Cn1ncc(NC(=O)OC(C)(C)C)c1C(=O)O. The number of aromatic nitrogens is 2. The summed E-state index contributed by atoms with van der Waals surface area (Å²) in [6.07, 6.45) is 0.542. The summed E-state index contributed by atoms with van der Waals surface area (Å²) in [7, 11) is 1.48. The van der Waals surface area contributed by atoms with Crippen LogP contribution in [0.5, 0.6) is 0 Å². The van der Waals surface area contributed by atoms with E-state index < -0.39 is 17.7 Å². The number of aromatic carboxylic acids is 1. The van der Waals surface area contributed by atoms with Crippen molar-refractivity contribution in [3.8, 4) is 0 Å². The van der Waals surface area contributed by atoms with Gasteiger partial charge in [0.25, 0.3) is 0 Å². The van der Waals surface area contributed by atoms with Crippen LogP contribution in [0.1, 0.15) is 31.3 Å². The summed E-state index contributed by atoms with van der Waals surface area (Å²) < 4.78 is 6.17. The summed E-state index contributed by atoms with van der Waals surface area (Å²) in [6.45, 7) is 5.15. The van der Waals surface area contributed by atoms with Gasteiger partial charge in [0.2, 0.25) is 0 Å². The molecule has 0 atom stereocenters. The number of aryl methyl sites for hydroxylation is 1. The van der Waals surface area contributed by atoms with Gasteiger partial charge in [-0.05, 0) is 20.8 Å². The van der Waals surface area contributed by atoms with Crippen LogP contribution in [0.4, 0.5) is 10.5 Å². The first-order valence-electron chi connectivity index (χ1n) is 4.96. The third-order valence-corrected chi connectivity index (χ3v) is 1.78. The number of carboxylic acid groups (broad SMARTS) is 1. The van der Waals surface area contributed by atoms with E-state index in [1.807, 2.05) is 0 Å². The van der Waals surface area contributed by atoms with Crippen molar-refractivity contribution < 1.29 is 19.4 Å². The van der Waals surface area contributed by atoms with Crippen LogP contribution in [0.2, 0.25) is 0 Å². The highest BCUT2D eigenvalue weighted by Gasteiger charge is 2.21. The Labute approximate surface area is 98.4 Å². The summed E-state index contributed by atoms with van der Waals surface area (Å²) in [4.78, 5) is 22.4. The molecule has 1 amide bonds. The predicted molar refractivity (Wildman–Crippen MR) is 60.0 cm³/mol. The largest absolute Gasteiger partial charge is 0.476 e. The van der Waals surface area contributed by atoms with Crippen molar-refractivity contribution in [1.82, 2.24) is 9.78 Å². The van der Waals surface area contributed by atoms with Gasteiger partial charge in [0, 0.05) is 7.05 Å². The Hall–Kier alpha value is -2.05. The molecule has 1 rings (SSSR count). The van der Waals surface area contributed by atoms with Crippen molar-refractivity contribution in [2.24, 2.45) is 7.05 Å². The molecule has 2 N–H and O–H groups in total. The van der Waals surface area contributed by atoms with E-state index >= 15 is 0 Å². The molecular formula is C10H15N3O4. The highest BCUT2D eigenvalue weighted by atomic mass is 16.6. The van der Waals surface area contributed by atoms with Crippen LogP contribution >= 0.6 is 0 Å². The predicted octanol–water partition coefficient (Wildman–Crippen LogP) is 1.47. The summed E-state index contributed by atoms with van der Waals surface area (Å²) in [5.74, 6) is -1.17. The van der Waals surface area contributed by atoms with Gasteiger partial charge in [0.15, 0.2) is 5.69 Å². The fourth-order valence-electron chi connectivity index (χ4n) is 1.20. The van der Waals surface area contributed by atoms with Crippen LogP contribution in [0.25, 0.3) is 0 Å². The second-order valence-corrected chi connectivity index (χ2v) is 4.46. The van der Waals surface area contributed by atoms with Crippen molar-refractivity contribution in [1.29, 1.82) is 0 Å². The Kier molecular flexibility index (Phi) is 3.40. The normalized spacial score (nSPS) is 11.1. The number of carbonyl (C=O) groups excluding carboxylic acids is 1. The second kappa shape index (κ2) is 4.44. The lowest BCUT2D eigenvalue weighted by Gasteiger charge is -2.19. The van der Waals surface area contributed by atoms with Crippen molar-refractivity contribution >= 4 is 17.7 Å². The molecule has 0 saturated carbocycles. The maximum Gasteiger partial charge on any atom is 0.412 e. The molecule has 0 unspecified atom stereocenters. The van der Waals surface area contributed by atoms with Crippen LogP contribution in [-0.2, 0) is 11.8 Å². The minimum absolute atomic E-state index is 0.101. The summed E-state index contributed by atoms with van der Waals surface area (Å²) in [5, 5.41) is 15.0. The Balaban J connectivity index is 2.83. The quantitative estimate of drug-likeness (QED) is 0.817. The molecule has 17 heavy (non-hydrogen) atoms. The van der Waals surface area contributed by atoms with E-state index in [9.17, 15) is 9.59 Å². The number of amides is 1. The standard InChI is InChI=1S/C10H15N3O4/c1-10(2,3)17-9(16)12-6-5-11-13(4)7(6)8(14)15/h5H,1-4H3,(H,12,16)(H,14,15). The molecule has 0 fully saturated rings. The first-order chi connectivity index (χ1) is 7.70. The minimum atomic E-state index is -1.17. The molecule has 7 nitrogen and oxygen atoms in total. The molecule has 0 bridgehead atoms. The number of carboxylic acids is 1. The molecule has 0 saturated heterocycles. The molecule has 1 aromatic heterocycles. The molecule has 0 aliphatic heterocycles. The van der Waals surface area contributed by atoms with Crippen molar-refractivity contribution in [2.75, 3.05) is 5.32 Å². The zero-order valence-electron chi connectivity index (χ0n) is 10.1. The van der Waals surface area contributed by atoms with Gasteiger partial charge in [0.05, 0.1) is 11.9 Å². The second-order valence-electron chi connectivity index (χ2n) is 4.46. The minimum Gasteiger partial charge on any atom is -0.476 e. The Bertz CT molecular complexity index is 445. The first-order valence-corrected chi connectivity index (χ1v) is 4.96. The lowest BCUT2D eigenvalue weighted by molar-refractivity contribution is 0.0636. The fraction of sp³-hybridized carbons (Fsp3) is 0.500. The number of ether oxygens (including phenoxy) is 1. The number of nitrogens with zero attached hydrogens (tertiary/aromatic N) is 2. The molecule has 7 heteroatoms. The van der Waals surface area contributed by atoms with Crippen LogP contribution in [0.15, 0.2) is 6.20 Å². The maximum atomic E-state index is 11.4. The number of hydrogen-bond acceptors (Lipinski definition) is 4. The Morgan fingerprint density at radius 1 is 1.47 bits per heavy atom. The van der Waals surface area contributed by atoms with Crippen LogP contribution < -0.4 is 5.32 Å². The van der Waals surface area contributed by atoms with Gasteiger partial charge in [-0.15, -0.1) is 0 Å². The van der Waals surface area contributed by atoms with Crippen molar-refractivity contribution in [3.63, 3.8) is 0 Å². The zero-order chi connectivity index (χ0) is 13.2. The van der Waals surface area contributed by atoms with Gasteiger partial charge < -0.3 is 9.84 Å². The van der Waals surface area contributed by atoms with Gasteiger partial charge >= 0.3 is 12.1 Å². The summed E-state index contributed by atoms with van der Waals surface area (Å²) in [6, 6.07) is 0. The van der Waals surface area contributed by atoms with E-state index in [2.05, 4.69) is 10.4 Å². The number of hydrogen-bond donors (Lipinski definition) is 2. The fourth-order valence-corrected chi connectivity index (χ4v) is 1.20. The van der Waals surface area contributed by atoms with E-state index in [1.165, 1.54) is 13.2 Å². The lowest BCUT2D eigenvalue weighted by Crippen LogP contribution is -2.27. The van der Waals surface area contributed by atoms with E-state index in [0.29, 0.717) is 0 Å². The molecule has 1 aromatic rings. The average Bonchev–Trinajstić information content (AvgIpc) is 2.42. The third kappa shape index (κ3) is 3.47. The highest BCUT2D eigenvalue weighted by Crippen LogP contribution is 2.16. The first kappa shape index (κ1) is 13.0. The van der Waals surface area contributed by atoms with Gasteiger partial charge in [-0.25, -0.2) is 9.59 Å². The smallest absolute Gasteiger partial charge is 0.412 e. The van der Waals surface area contributed by atoms with E-state index in [-0.39, 0.29) is 11.4 Å². The maximum absolute atomic E-state index is 11.4. The third-order valence-electron chi connectivity index (χ3n) is 1.78. The van der Waals surface area contributed by atoms with Gasteiger partial charge in [0.1, 0.15) is 5.60 Å². The molecule has 1 heterocycles. The molecule has 0 radical (unpaired) electrons. The summed E-state index contributed by atoms with van der Waals surface area (Å²) in [5.41, 5.74) is -0.638. The number of nitrogens with one attached hydrogen (secondary N) is 1. The van der Waals surface area contributed by atoms with Crippen LogP contribution in [-0.4, -0.2) is 32.6 Å². The molecule has 94 valence electrons. The molecular weight excluding hydrogens is 226 g/mol. The van der Waals surface area contributed by atoms with Gasteiger partial charge in [-0.3, -0.25) is 10.00 Å². The number of rotatable bonds is 2. The molecule has 0 aromatic carbocycles. The van der Waals surface area contributed by atoms with Crippen LogP contribution in [0.3, 0.4) is 0 Å². The highest BCUT2D eigenvalue weighted by molar-refractivity contribution is 5.97. The van der Waals surface area contributed by atoms with Crippen LogP contribution in [0, 0.1) is 0 Å². The topological polar surface area (TPSA) is 93.5 Å². The van der Waals surface area contributed by atoms with Crippen molar-refractivity contribution in [3.05, 3.63) is 11.9 Å². The Morgan fingerprint density at radius 3 is 2.53 bits per heavy atom.